The molecule has 0 spiro atoms. The smallest absolute Gasteiger partial charge is 0.332 e. The number of amidine groups is 1. The Kier molecular flexibility index (Phi) is 9.53. The number of thioether (sulfide) groups is 1. The summed E-state index contributed by atoms with van der Waals surface area (Å²) in [6.45, 7) is 9.58. The number of anilines is 1. The number of nitrogens with two attached hydrogens (primary N) is 1. The maximum Gasteiger partial charge on any atom is 0.332 e. The minimum absolute atomic E-state index is 0.0695. The van der Waals surface area contributed by atoms with Crippen LogP contribution in [0.15, 0.2) is 58.6 Å². The molecule has 1 aliphatic rings. The van der Waals surface area contributed by atoms with Crippen LogP contribution in [0.5, 0.6) is 0 Å². The average molecular weight is 483 g/mol. The summed E-state index contributed by atoms with van der Waals surface area (Å²) in [4.78, 5) is 34.8. The molecular formula is C26H34N4O3S. The lowest BCUT2D eigenvalue weighted by molar-refractivity contribution is -0.140. The molecule has 0 saturated carbocycles. The molecule has 0 aromatic heterocycles. The van der Waals surface area contributed by atoms with Gasteiger partial charge in [0.2, 0.25) is 5.91 Å². The van der Waals surface area contributed by atoms with Crippen molar-refractivity contribution >= 4 is 35.2 Å². The Bertz CT molecular complexity index is 1020. The van der Waals surface area contributed by atoms with Crippen LogP contribution in [0.2, 0.25) is 0 Å². The van der Waals surface area contributed by atoms with Gasteiger partial charge in [0.1, 0.15) is 5.25 Å². The van der Waals surface area contributed by atoms with Gasteiger partial charge in [-0.25, -0.2) is 4.79 Å². The third kappa shape index (κ3) is 6.61. The van der Waals surface area contributed by atoms with Gasteiger partial charge in [-0.1, -0.05) is 55.8 Å². The molecular weight excluding hydrogens is 448 g/mol. The number of para-hydroxylation sites is 1. The number of hydrogen-bond acceptors (Lipinski definition) is 6. The molecule has 2 aromatic rings. The van der Waals surface area contributed by atoms with Crippen LogP contribution in [0.3, 0.4) is 0 Å². The van der Waals surface area contributed by atoms with Gasteiger partial charge in [-0.2, -0.15) is 0 Å². The van der Waals surface area contributed by atoms with Crippen molar-refractivity contribution < 1.29 is 14.4 Å². The molecule has 0 saturated heterocycles. The molecule has 1 atom stereocenters. The van der Waals surface area contributed by atoms with Crippen LogP contribution < -0.4 is 10.6 Å². The minimum Gasteiger partial charge on any atom is -0.380 e. The first-order chi connectivity index (χ1) is 16.4. The van der Waals surface area contributed by atoms with E-state index < -0.39 is 5.97 Å². The van der Waals surface area contributed by atoms with Crippen LogP contribution in [0.1, 0.15) is 56.4 Å². The summed E-state index contributed by atoms with van der Waals surface area (Å²) in [5.41, 5.74) is 8.41. The Hall–Kier alpha value is -2.84. The Labute approximate surface area is 206 Å². The number of hydrogen-bond donors (Lipinski definition) is 1. The van der Waals surface area contributed by atoms with Crippen LogP contribution in [0.25, 0.3) is 0 Å². The summed E-state index contributed by atoms with van der Waals surface area (Å²) in [6.07, 6.45) is 3.17. The van der Waals surface area contributed by atoms with E-state index in [1.54, 1.807) is 17.8 Å². The van der Waals surface area contributed by atoms with Gasteiger partial charge in [-0.15, -0.1) is 11.8 Å². The molecule has 1 heterocycles. The Morgan fingerprint density at radius 2 is 1.88 bits per heavy atom. The van der Waals surface area contributed by atoms with E-state index in [1.807, 2.05) is 41.3 Å². The fourth-order valence-electron chi connectivity index (χ4n) is 4.01. The van der Waals surface area contributed by atoms with Crippen molar-refractivity contribution in [3.05, 3.63) is 59.7 Å². The highest BCUT2D eigenvalue weighted by molar-refractivity contribution is 8.00. The van der Waals surface area contributed by atoms with Crippen LogP contribution in [-0.2, 0) is 14.4 Å². The molecule has 0 radical (unpaired) electrons. The van der Waals surface area contributed by atoms with Gasteiger partial charge in [0, 0.05) is 23.9 Å². The predicted octanol–water partition coefficient (Wildman–Crippen LogP) is 4.56. The Balaban J connectivity index is 1.75. The number of benzene rings is 2. The van der Waals surface area contributed by atoms with Crippen molar-refractivity contribution in [2.45, 2.75) is 50.2 Å². The zero-order valence-electron chi connectivity index (χ0n) is 20.2. The number of carbonyl (C=O) groups is 2. The highest BCUT2D eigenvalue weighted by atomic mass is 32.2. The lowest BCUT2D eigenvalue weighted by Crippen LogP contribution is -2.38. The summed E-state index contributed by atoms with van der Waals surface area (Å²) in [5, 5.41) is 3.29. The first-order valence-electron chi connectivity index (χ1n) is 11.8. The number of rotatable bonds is 11. The van der Waals surface area contributed by atoms with Crippen LogP contribution in [0, 0.1) is 0 Å². The molecule has 0 aliphatic carbocycles. The highest BCUT2D eigenvalue weighted by Crippen LogP contribution is 2.46. The Morgan fingerprint density at radius 3 is 2.62 bits per heavy atom. The summed E-state index contributed by atoms with van der Waals surface area (Å²) in [6, 6.07) is 15.5. The summed E-state index contributed by atoms with van der Waals surface area (Å²) in [7, 11) is 0. The predicted molar refractivity (Wildman–Crippen MR) is 138 cm³/mol. The quantitative estimate of drug-likeness (QED) is 0.166. The fourth-order valence-corrected chi connectivity index (χ4v) is 5.23. The topological polar surface area (TPSA) is 88.2 Å². The molecule has 8 heteroatoms. The van der Waals surface area contributed by atoms with E-state index in [0.717, 1.165) is 55.0 Å². The number of fused-ring (bicyclic) bond motifs is 1. The van der Waals surface area contributed by atoms with Crippen LogP contribution in [0.4, 0.5) is 5.69 Å². The van der Waals surface area contributed by atoms with Crippen molar-refractivity contribution in [1.29, 1.82) is 0 Å². The molecule has 182 valence electrons. The van der Waals surface area contributed by atoms with Crippen LogP contribution >= 0.6 is 11.8 Å². The molecule has 34 heavy (non-hydrogen) atoms. The third-order valence-electron chi connectivity index (χ3n) is 5.90. The molecule has 0 fully saturated rings. The maximum atomic E-state index is 13.6. The van der Waals surface area contributed by atoms with Gasteiger partial charge in [0.05, 0.1) is 5.69 Å². The van der Waals surface area contributed by atoms with E-state index >= 15 is 0 Å². The SMILES string of the molecule is CCN(CC)CCCCCN1C(=O)C(c2cccc(/C(N)=N/OC(C)=O)c2)Sc2ccccc21. The van der Waals surface area contributed by atoms with Gasteiger partial charge in [0.15, 0.2) is 5.84 Å². The van der Waals surface area contributed by atoms with Crippen LogP contribution in [-0.4, -0.2) is 48.8 Å². The highest BCUT2D eigenvalue weighted by Gasteiger charge is 2.34. The monoisotopic (exact) mass is 482 g/mol. The first kappa shape index (κ1) is 25.8. The number of oxime groups is 1. The van der Waals surface area contributed by atoms with Crippen molar-refractivity contribution in [2.75, 3.05) is 31.1 Å². The number of unbranched alkanes of at least 4 members (excludes halogenated alkanes) is 2. The molecule has 1 unspecified atom stereocenters. The summed E-state index contributed by atoms with van der Waals surface area (Å²) >= 11 is 1.55. The molecule has 2 N–H and O–H groups in total. The largest absolute Gasteiger partial charge is 0.380 e. The Morgan fingerprint density at radius 1 is 1.12 bits per heavy atom. The first-order valence-corrected chi connectivity index (χ1v) is 12.7. The summed E-state index contributed by atoms with van der Waals surface area (Å²) < 4.78 is 0. The maximum absolute atomic E-state index is 13.6. The fraction of sp³-hybridized carbons (Fsp3) is 0.423. The minimum atomic E-state index is -0.540. The summed E-state index contributed by atoms with van der Waals surface area (Å²) in [5.74, 6) is -0.377. The van der Waals surface area contributed by atoms with E-state index in [0.29, 0.717) is 12.1 Å². The number of carbonyl (C=O) groups excluding carboxylic acids is 2. The van der Waals surface area contributed by atoms with E-state index in [1.165, 1.54) is 6.92 Å². The molecule has 7 nitrogen and oxygen atoms in total. The van der Waals surface area contributed by atoms with Gasteiger partial charge in [-0.05, 0) is 56.2 Å². The number of nitrogens with zero attached hydrogens (tertiary/aromatic N) is 3. The molecule has 0 bridgehead atoms. The van der Waals surface area contributed by atoms with Crippen molar-refractivity contribution in [3.63, 3.8) is 0 Å². The molecule has 3 rings (SSSR count). The van der Waals surface area contributed by atoms with Crippen molar-refractivity contribution in [3.8, 4) is 0 Å². The van der Waals surface area contributed by atoms with Gasteiger partial charge in [-0.3, -0.25) is 4.79 Å². The van der Waals surface area contributed by atoms with E-state index in [2.05, 4.69) is 34.8 Å². The zero-order chi connectivity index (χ0) is 24.5. The second kappa shape index (κ2) is 12.6. The third-order valence-corrected chi connectivity index (χ3v) is 7.21. The second-order valence-corrected chi connectivity index (χ2v) is 9.37. The zero-order valence-corrected chi connectivity index (χ0v) is 21.0. The average Bonchev–Trinajstić information content (AvgIpc) is 2.85. The lowest BCUT2D eigenvalue weighted by atomic mass is 10.1. The number of amides is 1. The van der Waals surface area contributed by atoms with Gasteiger partial charge >= 0.3 is 5.97 Å². The van der Waals surface area contributed by atoms with Gasteiger partial charge < -0.3 is 20.4 Å². The normalized spacial score (nSPS) is 16.0. The van der Waals surface area contributed by atoms with Gasteiger partial charge in [0.25, 0.3) is 0 Å². The van der Waals surface area contributed by atoms with Crippen molar-refractivity contribution in [1.82, 2.24) is 4.90 Å². The lowest BCUT2D eigenvalue weighted by Gasteiger charge is -2.34. The van der Waals surface area contributed by atoms with Crippen molar-refractivity contribution in [2.24, 2.45) is 10.9 Å². The molecule has 1 aliphatic heterocycles. The van der Waals surface area contributed by atoms with E-state index in [9.17, 15) is 9.59 Å². The van der Waals surface area contributed by atoms with E-state index in [-0.39, 0.29) is 17.0 Å². The molecule has 2 aromatic carbocycles. The second-order valence-electron chi connectivity index (χ2n) is 8.23. The molecule has 1 amide bonds. The van der Waals surface area contributed by atoms with E-state index in [4.69, 9.17) is 5.73 Å². The standard InChI is InChI=1S/C26H34N4O3S/c1-4-29(5-2)16-9-6-10-17-30-22-14-7-8-15-23(22)34-24(26(30)32)20-12-11-13-21(18-20)25(27)28-33-19(3)31/h7-8,11-15,18,24H,4-6,9-10,16-17H2,1-3H3,(H2,27,28).